The Hall–Kier alpha value is -5.52. The molecule has 2 aromatic heterocycles. The zero-order valence-electron chi connectivity index (χ0n) is 18.2. The Morgan fingerprint density at radius 3 is 2.30 bits per heavy atom. The smallest absolute Gasteiger partial charge is 0.301 e. The van der Waals surface area contributed by atoms with E-state index in [1.165, 1.54) is 42.7 Å². The molecule has 4 aromatic rings. The maximum atomic E-state index is 12.8. The van der Waals surface area contributed by atoms with Crippen molar-refractivity contribution >= 4 is 44.5 Å². The van der Waals surface area contributed by atoms with Crippen LogP contribution in [0.1, 0.15) is 0 Å². The summed E-state index contributed by atoms with van der Waals surface area (Å²) >= 11 is 0. The summed E-state index contributed by atoms with van der Waals surface area (Å²) < 4.78 is 27.8. The number of sulfonamides is 1. The number of nitrogens with two attached hydrogens (primary N) is 1. The number of non-ortho nitro benzene ring substituents is 1. The fraction of sp³-hybridized carbons (Fsp3) is 0. The summed E-state index contributed by atoms with van der Waals surface area (Å²) in [6.45, 7) is 0. The number of aromatic nitrogens is 4. The molecule has 0 aliphatic rings. The van der Waals surface area contributed by atoms with Gasteiger partial charge in [0.1, 0.15) is 11.5 Å². The molecule has 0 saturated carbocycles. The van der Waals surface area contributed by atoms with E-state index in [0.717, 1.165) is 12.1 Å². The first-order valence-electron chi connectivity index (χ1n) is 9.92. The van der Waals surface area contributed by atoms with E-state index in [9.17, 15) is 33.4 Å². The number of nitro benzene ring substituents is 2. The quantitative estimate of drug-likeness (QED) is 0.172. The van der Waals surface area contributed by atoms with E-state index in [1.54, 1.807) is 0 Å². The van der Waals surface area contributed by atoms with Crippen LogP contribution >= 0.6 is 0 Å². The van der Waals surface area contributed by atoms with Gasteiger partial charge < -0.3 is 5.73 Å². The van der Waals surface area contributed by atoms with Crippen molar-refractivity contribution in [2.24, 2.45) is 10.2 Å². The van der Waals surface area contributed by atoms with Gasteiger partial charge in [0.15, 0.2) is 5.69 Å². The second-order valence-electron chi connectivity index (χ2n) is 7.07. The summed E-state index contributed by atoms with van der Waals surface area (Å²) in [6, 6.07) is 9.32. The second-order valence-corrected chi connectivity index (χ2v) is 8.76. The molecule has 0 saturated heterocycles. The molecule has 0 aliphatic carbocycles. The van der Waals surface area contributed by atoms with Gasteiger partial charge in [-0.3, -0.25) is 30.1 Å². The van der Waals surface area contributed by atoms with E-state index in [4.69, 9.17) is 5.73 Å². The maximum Gasteiger partial charge on any atom is 0.301 e. The van der Waals surface area contributed by atoms with E-state index < -0.39 is 42.5 Å². The lowest BCUT2D eigenvalue weighted by atomic mass is 10.2. The number of H-pyrrole nitrogens is 1. The lowest BCUT2D eigenvalue weighted by Gasteiger charge is -2.05. The average molecular weight is 526 g/mol. The average Bonchev–Trinajstić information content (AvgIpc) is 3.15. The molecule has 4 rings (SSSR count). The Morgan fingerprint density at radius 1 is 1.00 bits per heavy atom. The van der Waals surface area contributed by atoms with Gasteiger partial charge in [0, 0.05) is 18.5 Å². The topological polar surface area (TPSA) is 247 Å². The van der Waals surface area contributed by atoms with Crippen molar-refractivity contribution in [3.05, 3.63) is 91.5 Å². The highest BCUT2D eigenvalue weighted by molar-refractivity contribution is 7.92. The minimum absolute atomic E-state index is 0.112. The number of nitrogens with zero attached hydrogens (tertiary/aromatic N) is 7. The van der Waals surface area contributed by atoms with Gasteiger partial charge in [0.2, 0.25) is 5.95 Å². The number of aromatic amines is 1. The van der Waals surface area contributed by atoms with Gasteiger partial charge in [-0.1, -0.05) is 0 Å². The fourth-order valence-electron chi connectivity index (χ4n) is 3.00. The molecule has 18 heteroatoms. The SMILES string of the molecule is Nc1[nH]n(-c2ccc([N+](=O)[O-])cc2[N+](=O)[O-])c(=O)c1N=Nc1ccc(S(=O)(=O)Nc2ncccn2)cc1. The zero-order valence-corrected chi connectivity index (χ0v) is 19.1. The van der Waals surface area contributed by atoms with Crippen LogP contribution in [0, 0.1) is 20.2 Å². The van der Waals surface area contributed by atoms with Crippen molar-refractivity contribution in [2.45, 2.75) is 4.90 Å². The van der Waals surface area contributed by atoms with E-state index >= 15 is 0 Å². The summed E-state index contributed by atoms with van der Waals surface area (Å²) in [6.07, 6.45) is 2.74. The van der Waals surface area contributed by atoms with Crippen LogP contribution in [0.15, 0.2) is 80.8 Å². The Morgan fingerprint density at radius 2 is 1.68 bits per heavy atom. The van der Waals surface area contributed by atoms with Crippen LogP contribution in [-0.2, 0) is 10.0 Å². The molecular weight excluding hydrogens is 512 g/mol. The molecule has 0 radical (unpaired) electrons. The largest absolute Gasteiger partial charge is 0.382 e. The third-order valence-corrected chi connectivity index (χ3v) is 6.05. The molecule has 0 spiro atoms. The molecule has 2 aromatic carbocycles. The highest BCUT2D eigenvalue weighted by Gasteiger charge is 2.24. The Bertz CT molecular complexity index is 1700. The van der Waals surface area contributed by atoms with Crippen molar-refractivity contribution in [3.63, 3.8) is 0 Å². The number of nitro groups is 2. The first-order chi connectivity index (χ1) is 17.6. The number of rotatable bonds is 8. The summed E-state index contributed by atoms with van der Waals surface area (Å²) in [5, 5.41) is 32.4. The van der Waals surface area contributed by atoms with Gasteiger partial charge in [-0.05, 0) is 36.4 Å². The maximum absolute atomic E-state index is 12.8. The number of nitrogens with one attached hydrogen (secondary N) is 2. The van der Waals surface area contributed by atoms with Crippen LogP contribution in [0.3, 0.4) is 0 Å². The molecule has 0 unspecified atom stereocenters. The standard InChI is InChI=1S/C19H14N10O7S/c20-17-16(18(30)27(25-17)14-7-4-12(28(31)32)10-15(14)29(33)34)24-23-11-2-5-13(6-3-11)37(35,36)26-19-21-8-1-9-22-19/h1-10,25H,20H2,(H,21,22,26). The zero-order chi connectivity index (χ0) is 26.7. The number of anilines is 2. The molecule has 0 amide bonds. The summed E-state index contributed by atoms with van der Waals surface area (Å²) in [4.78, 5) is 40.9. The van der Waals surface area contributed by atoms with Crippen molar-refractivity contribution in [3.8, 4) is 5.69 Å². The molecule has 188 valence electrons. The molecule has 37 heavy (non-hydrogen) atoms. The van der Waals surface area contributed by atoms with Gasteiger partial charge in [0.25, 0.3) is 15.7 Å². The van der Waals surface area contributed by atoms with Crippen LogP contribution < -0.4 is 16.0 Å². The van der Waals surface area contributed by atoms with Crippen LogP contribution in [0.4, 0.5) is 34.5 Å². The van der Waals surface area contributed by atoms with Crippen molar-refractivity contribution in [1.29, 1.82) is 0 Å². The first-order valence-corrected chi connectivity index (χ1v) is 11.4. The van der Waals surface area contributed by atoms with Crippen molar-refractivity contribution < 1.29 is 18.3 Å². The molecule has 17 nitrogen and oxygen atoms in total. The third kappa shape index (κ3) is 5.12. The lowest BCUT2D eigenvalue weighted by molar-refractivity contribution is -0.394. The molecule has 0 aliphatic heterocycles. The van der Waals surface area contributed by atoms with Crippen LogP contribution in [0.5, 0.6) is 0 Å². The van der Waals surface area contributed by atoms with Gasteiger partial charge in [-0.15, -0.1) is 5.11 Å². The fourth-order valence-corrected chi connectivity index (χ4v) is 3.96. The third-order valence-electron chi connectivity index (χ3n) is 4.70. The molecule has 2 heterocycles. The predicted molar refractivity (Wildman–Crippen MR) is 128 cm³/mol. The van der Waals surface area contributed by atoms with E-state index in [2.05, 4.69) is 30.0 Å². The predicted octanol–water partition coefficient (Wildman–Crippen LogP) is 2.57. The first kappa shape index (κ1) is 24.6. The van der Waals surface area contributed by atoms with Gasteiger partial charge in [0.05, 0.1) is 26.5 Å². The Labute approximate surface area is 205 Å². The van der Waals surface area contributed by atoms with E-state index in [-0.39, 0.29) is 28.0 Å². The Balaban J connectivity index is 1.61. The van der Waals surface area contributed by atoms with Crippen LogP contribution in [0.2, 0.25) is 0 Å². The summed E-state index contributed by atoms with van der Waals surface area (Å²) in [5.41, 5.74) is 3.08. The highest BCUT2D eigenvalue weighted by atomic mass is 32.2. The minimum Gasteiger partial charge on any atom is -0.382 e. The molecule has 0 bridgehead atoms. The molecule has 4 N–H and O–H groups in total. The summed E-state index contributed by atoms with van der Waals surface area (Å²) in [7, 11) is -3.98. The lowest BCUT2D eigenvalue weighted by Crippen LogP contribution is -2.15. The van der Waals surface area contributed by atoms with Gasteiger partial charge in [-0.2, -0.15) is 5.11 Å². The van der Waals surface area contributed by atoms with Crippen molar-refractivity contribution in [2.75, 3.05) is 10.5 Å². The van der Waals surface area contributed by atoms with E-state index in [1.807, 2.05) is 0 Å². The normalized spacial score (nSPS) is 11.5. The number of hydrogen-bond acceptors (Lipinski definition) is 12. The number of benzene rings is 2. The molecule has 0 fully saturated rings. The Kier molecular flexibility index (Phi) is 6.39. The molecule has 0 atom stereocenters. The molecular formula is C19H14N10O7S. The van der Waals surface area contributed by atoms with E-state index in [0.29, 0.717) is 10.7 Å². The second kappa shape index (κ2) is 9.62. The highest BCUT2D eigenvalue weighted by Crippen LogP contribution is 2.29. The number of nitrogen functional groups attached to an aromatic ring is 1. The minimum atomic E-state index is -3.98. The van der Waals surface area contributed by atoms with Crippen molar-refractivity contribution in [1.82, 2.24) is 19.7 Å². The van der Waals surface area contributed by atoms with Crippen LogP contribution in [0.25, 0.3) is 5.69 Å². The van der Waals surface area contributed by atoms with Gasteiger partial charge >= 0.3 is 11.2 Å². The number of hydrogen-bond donors (Lipinski definition) is 3. The monoisotopic (exact) mass is 526 g/mol. The van der Waals surface area contributed by atoms with Gasteiger partial charge in [-0.25, -0.2) is 27.8 Å². The summed E-state index contributed by atoms with van der Waals surface area (Å²) in [5.74, 6) is -0.397. The number of azo groups is 1. The van der Waals surface area contributed by atoms with Crippen LogP contribution in [-0.4, -0.2) is 38.0 Å².